The Balaban J connectivity index is 3.72. The van der Waals surface area contributed by atoms with E-state index in [9.17, 15) is 19.5 Å². The largest absolute Gasteiger partial charge is 0.480 e. The molecule has 0 fully saturated rings. The first-order chi connectivity index (χ1) is 20.4. The van der Waals surface area contributed by atoms with Crippen molar-refractivity contribution in [3.8, 4) is 0 Å². The van der Waals surface area contributed by atoms with E-state index in [4.69, 9.17) is 10.5 Å². The minimum Gasteiger partial charge on any atom is -0.480 e. The van der Waals surface area contributed by atoms with Gasteiger partial charge in [0.25, 0.3) is 0 Å². The monoisotopic (exact) mass is 597 g/mol. The summed E-state index contributed by atoms with van der Waals surface area (Å²) in [6, 6.07) is -0.867. The van der Waals surface area contributed by atoms with Gasteiger partial charge >= 0.3 is 11.9 Å². The van der Waals surface area contributed by atoms with E-state index in [1.165, 1.54) is 96.3 Å². The summed E-state index contributed by atoms with van der Waals surface area (Å²) in [6.07, 6.45) is 29.3. The lowest BCUT2D eigenvalue weighted by molar-refractivity contribution is -0.150. The van der Waals surface area contributed by atoms with Crippen LogP contribution in [0.1, 0.15) is 187 Å². The Hall–Kier alpha value is -1.63. The lowest BCUT2D eigenvalue weighted by Gasteiger charge is -2.17. The Morgan fingerprint density at radius 1 is 0.595 bits per heavy atom. The molecule has 0 radical (unpaired) electrons. The molecule has 2 unspecified atom stereocenters. The number of aliphatic carboxylic acids is 1. The summed E-state index contributed by atoms with van der Waals surface area (Å²) in [6.45, 7) is 4.78. The number of nitrogens with one attached hydrogen (secondary N) is 1. The van der Waals surface area contributed by atoms with E-state index in [0.29, 0.717) is 38.6 Å². The van der Waals surface area contributed by atoms with Crippen molar-refractivity contribution in [3.63, 3.8) is 0 Å². The lowest BCUT2D eigenvalue weighted by Crippen LogP contribution is -2.40. The van der Waals surface area contributed by atoms with E-state index < -0.39 is 12.0 Å². The van der Waals surface area contributed by atoms with Gasteiger partial charge in [-0.15, -0.1) is 0 Å². The molecule has 0 aliphatic rings. The van der Waals surface area contributed by atoms with Gasteiger partial charge in [0.05, 0.1) is 0 Å². The predicted molar refractivity (Wildman–Crippen MR) is 175 cm³/mol. The van der Waals surface area contributed by atoms with Gasteiger partial charge < -0.3 is 20.9 Å². The second kappa shape index (κ2) is 30.8. The molecule has 2 atom stereocenters. The zero-order chi connectivity index (χ0) is 31.1. The van der Waals surface area contributed by atoms with Crippen LogP contribution in [0.15, 0.2) is 0 Å². The first-order valence-electron chi connectivity index (χ1n) is 17.9. The van der Waals surface area contributed by atoms with E-state index in [2.05, 4.69) is 19.2 Å². The third-order valence-electron chi connectivity index (χ3n) is 8.15. The van der Waals surface area contributed by atoms with Crippen LogP contribution in [0.2, 0.25) is 0 Å². The number of amides is 1. The fourth-order valence-electron chi connectivity index (χ4n) is 5.50. The Labute approximate surface area is 258 Å². The van der Waals surface area contributed by atoms with Crippen molar-refractivity contribution in [2.45, 2.75) is 199 Å². The highest BCUT2D eigenvalue weighted by Crippen LogP contribution is 2.17. The van der Waals surface area contributed by atoms with E-state index in [-0.39, 0.29) is 18.0 Å². The summed E-state index contributed by atoms with van der Waals surface area (Å²) in [5, 5.41) is 11.8. The smallest absolute Gasteiger partial charge is 0.326 e. The first kappa shape index (κ1) is 40.4. The Morgan fingerprint density at radius 3 is 1.55 bits per heavy atom. The summed E-state index contributed by atoms with van der Waals surface area (Å²) in [7, 11) is 0. The average Bonchev–Trinajstić information content (AvgIpc) is 2.96. The van der Waals surface area contributed by atoms with Crippen molar-refractivity contribution in [2.24, 2.45) is 5.73 Å². The van der Waals surface area contributed by atoms with Crippen LogP contribution < -0.4 is 11.1 Å². The number of esters is 1. The van der Waals surface area contributed by atoms with Gasteiger partial charge in [-0.2, -0.15) is 0 Å². The predicted octanol–water partition coefficient (Wildman–Crippen LogP) is 9.00. The maximum absolute atomic E-state index is 12.4. The molecule has 0 aromatic carbocycles. The number of carbonyl (C=O) groups excluding carboxylic acids is 2. The van der Waals surface area contributed by atoms with E-state index >= 15 is 0 Å². The molecule has 0 aromatic rings. The van der Waals surface area contributed by atoms with Crippen LogP contribution in [0, 0.1) is 0 Å². The number of carbonyl (C=O) groups is 3. The molecular formula is C35H68N2O5. The van der Waals surface area contributed by atoms with Gasteiger partial charge in [-0.05, 0) is 51.5 Å². The van der Waals surface area contributed by atoms with Gasteiger partial charge in [0.2, 0.25) is 5.91 Å². The second-order valence-corrected chi connectivity index (χ2v) is 12.3. The molecule has 0 aliphatic carbocycles. The fraction of sp³-hybridized carbons (Fsp3) is 0.914. The van der Waals surface area contributed by atoms with Gasteiger partial charge in [0.1, 0.15) is 12.1 Å². The van der Waals surface area contributed by atoms with Crippen molar-refractivity contribution < 1.29 is 24.2 Å². The number of carboxylic acid groups (broad SMARTS) is 1. The summed E-state index contributed by atoms with van der Waals surface area (Å²) in [4.78, 5) is 35.7. The molecule has 0 aliphatic heterocycles. The zero-order valence-electron chi connectivity index (χ0n) is 27.6. The Morgan fingerprint density at radius 2 is 1.07 bits per heavy atom. The Bertz CT molecular complexity index is 643. The van der Waals surface area contributed by atoms with Gasteiger partial charge in [0.15, 0.2) is 0 Å². The van der Waals surface area contributed by atoms with Crippen molar-refractivity contribution in [3.05, 3.63) is 0 Å². The molecular weight excluding hydrogens is 528 g/mol. The van der Waals surface area contributed by atoms with Crippen LogP contribution in [-0.4, -0.2) is 41.6 Å². The minimum atomic E-state index is -1.02. The molecule has 0 saturated heterocycles. The molecule has 0 bridgehead atoms. The fourth-order valence-corrected chi connectivity index (χ4v) is 5.50. The average molecular weight is 597 g/mol. The minimum absolute atomic E-state index is 0.0465. The van der Waals surface area contributed by atoms with Crippen molar-refractivity contribution in [1.29, 1.82) is 0 Å². The molecule has 0 saturated carbocycles. The van der Waals surface area contributed by atoms with Crippen LogP contribution in [0.4, 0.5) is 0 Å². The first-order valence-corrected chi connectivity index (χ1v) is 17.9. The summed E-state index contributed by atoms with van der Waals surface area (Å²) in [5.74, 6) is -1.33. The molecule has 1 amide bonds. The normalized spacial score (nSPS) is 12.6. The molecule has 0 rings (SSSR count). The number of ether oxygens (including phenoxy) is 1. The number of nitrogens with two attached hydrogens (primary N) is 1. The third-order valence-corrected chi connectivity index (χ3v) is 8.15. The molecule has 0 spiro atoms. The highest BCUT2D eigenvalue weighted by Gasteiger charge is 2.19. The van der Waals surface area contributed by atoms with Gasteiger partial charge in [-0.25, -0.2) is 4.79 Å². The number of carboxylic acids is 1. The van der Waals surface area contributed by atoms with E-state index in [1.54, 1.807) is 0 Å². The highest BCUT2D eigenvalue weighted by atomic mass is 16.5. The SMILES string of the molecule is CCCCCCCCCCCCCCCCCCCC(=O)OC(CCC)CCCCCC(=O)NC(CCCN)C(=O)O. The third kappa shape index (κ3) is 27.2. The molecule has 42 heavy (non-hydrogen) atoms. The zero-order valence-corrected chi connectivity index (χ0v) is 27.6. The summed E-state index contributed by atoms with van der Waals surface area (Å²) in [5.41, 5.74) is 5.44. The topological polar surface area (TPSA) is 119 Å². The van der Waals surface area contributed by atoms with Gasteiger partial charge in [-0.3, -0.25) is 9.59 Å². The quantitative estimate of drug-likeness (QED) is 0.0527. The second-order valence-electron chi connectivity index (χ2n) is 12.3. The standard InChI is InChI=1S/C35H68N2O5/c1-3-5-6-7-8-9-10-11-12-13-14-15-16-17-18-19-23-29-34(39)42-31(25-4-2)26-21-20-22-28-33(38)37-32(35(40)41)27-24-30-36/h31-32H,3-30,36H2,1-2H3,(H,37,38)(H,40,41). The number of unbranched alkanes of at least 4 members (excludes halogenated alkanes) is 18. The number of hydrogen-bond donors (Lipinski definition) is 3. The van der Waals surface area contributed by atoms with Crippen molar-refractivity contribution >= 4 is 17.8 Å². The maximum atomic E-state index is 12.4. The van der Waals surface area contributed by atoms with Gasteiger partial charge in [-0.1, -0.05) is 129 Å². The Kier molecular flexibility index (Phi) is 29.6. The molecule has 0 aromatic heterocycles. The molecule has 248 valence electrons. The van der Waals surface area contributed by atoms with Crippen molar-refractivity contribution in [2.75, 3.05) is 6.54 Å². The maximum Gasteiger partial charge on any atom is 0.326 e. The van der Waals surface area contributed by atoms with Crippen LogP contribution >= 0.6 is 0 Å². The van der Waals surface area contributed by atoms with Gasteiger partial charge in [0, 0.05) is 12.8 Å². The number of rotatable bonds is 32. The lowest BCUT2D eigenvalue weighted by atomic mass is 10.0. The van der Waals surface area contributed by atoms with Crippen LogP contribution in [0.3, 0.4) is 0 Å². The van der Waals surface area contributed by atoms with Crippen LogP contribution in [0.25, 0.3) is 0 Å². The van der Waals surface area contributed by atoms with Crippen molar-refractivity contribution in [1.82, 2.24) is 5.32 Å². The molecule has 4 N–H and O–H groups in total. The van der Waals surface area contributed by atoms with Crippen LogP contribution in [-0.2, 0) is 19.1 Å². The van der Waals surface area contributed by atoms with E-state index in [0.717, 1.165) is 44.9 Å². The van der Waals surface area contributed by atoms with E-state index in [1.807, 2.05) is 0 Å². The molecule has 7 nitrogen and oxygen atoms in total. The molecule has 7 heteroatoms. The van der Waals surface area contributed by atoms with Crippen LogP contribution in [0.5, 0.6) is 0 Å². The molecule has 0 heterocycles. The summed E-state index contributed by atoms with van der Waals surface area (Å²) >= 11 is 0. The highest BCUT2D eigenvalue weighted by molar-refractivity contribution is 5.83. The summed E-state index contributed by atoms with van der Waals surface area (Å²) < 4.78 is 5.77. The number of hydrogen-bond acceptors (Lipinski definition) is 5.